The predicted molar refractivity (Wildman–Crippen MR) is 87.2 cm³/mol. The SMILES string of the molecule is CNCCc1ccc(S(=O)(=O)NCc2sccc2C)cc1. The molecule has 0 aliphatic carbocycles. The van der Waals surface area contributed by atoms with Gasteiger partial charge in [-0.1, -0.05) is 12.1 Å². The summed E-state index contributed by atoms with van der Waals surface area (Å²) < 4.78 is 27.1. The van der Waals surface area contributed by atoms with Gasteiger partial charge in [-0.2, -0.15) is 0 Å². The lowest BCUT2D eigenvalue weighted by Gasteiger charge is -2.07. The standard InChI is InChI=1S/C15H20N2O2S2/c1-12-8-10-20-15(12)11-17-21(18,19)14-5-3-13(4-6-14)7-9-16-2/h3-6,8,10,16-17H,7,9,11H2,1-2H3. The van der Waals surface area contributed by atoms with Gasteiger partial charge in [0.25, 0.3) is 0 Å². The van der Waals surface area contributed by atoms with E-state index in [9.17, 15) is 8.42 Å². The van der Waals surface area contributed by atoms with Crippen molar-refractivity contribution in [2.24, 2.45) is 0 Å². The maximum Gasteiger partial charge on any atom is 0.240 e. The van der Waals surface area contributed by atoms with Crippen LogP contribution in [0.5, 0.6) is 0 Å². The van der Waals surface area contributed by atoms with E-state index in [-0.39, 0.29) is 0 Å². The number of likely N-dealkylation sites (N-methyl/N-ethyl adjacent to an activating group) is 1. The molecule has 0 atom stereocenters. The number of aryl methyl sites for hydroxylation is 1. The summed E-state index contributed by atoms with van der Waals surface area (Å²) in [6.45, 7) is 3.20. The highest BCUT2D eigenvalue weighted by Gasteiger charge is 2.14. The van der Waals surface area contributed by atoms with Gasteiger partial charge in [-0.15, -0.1) is 11.3 Å². The maximum absolute atomic E-state index is 12.2. The zero-order chi connectivity index (χ0) is 15.3. The molecule has 1 aromatic carbocycles. The van der Waals surface area contributed by atoms with Gasteiger partial charge in [0.2, 0.25) is 10.0 Å². The van der Waals surface area contributed by atoms with Gasteiger partial charge in [-0.05, 0) is 61.6 Å². The molecule has 21 heavy (non-hydrogen) atoms. The summed E-state index contributed by atoms with van der Waals surface area (Å²) in [6, 6.07) is 9.04. The summed E-state index contributed by atoms with van der Waals surface area (Å²) in [4.78, 5) is 1.36. The van der Waals surface area contributed by atoms with Crippen LogP contribution in [0.2, 0.25) is 0 Å². The highest BCUT2D eigenvalue weighted by molar-refractivity contribution is 7.89. The molecule has 1 aromatic heterocycles. The molecule has 0 spiro atoms. The number of thiophene rings is 1. The fourth-order valence-electron chi connectivity index (χ4n) is 1.93. The van der Waals surface area contributed by atoms with Crippen LogP contribution in [0.1, 0.15) is 16.0 Å². The Morgan fingerprint density at radius 1 is 1.14 bits per heavy atom. The van der Waals surface area contributed by atoms with E-state index in [1.54, 1.807) is 23.5 Å². The zero-order valence-electron chi connectivity index (χ0n) is 12.2. The molecular weight excluding hydrogens is 304 g/mol. The van der Waals surface area contributed by atoms with E-state index in [4.69, 9.17) is 0 Å². The van der Waals surface area contributed by atoms with Gasteiger partial charge in [0.1, 0.15) is 0 Å². The first-order chi connectivity index (χ1) is 10.0. The molecule has 2 N–H and O–H groups in total. The summed E-state index contributed by atoms with van der Waals surface area (Å²) in [5, 5.41) is 5.04. The average molecular weight is 324 g/mol. The molecular formula is C15H20N2O2S2. The van der Waals surface area contributed by atoms with Crippen LogP contribution in [0, 0.1) is 6.92 Å². The van der Waals surface area contributed by atoms with Gasteiger partial charge in [-0.25, -0.2) is 13.1 Å². The molecule has 0 saturated carbocycles. The Hall–Kier alpha value is -1.21. The number of benzene rings is 1. The van der Waals surface area contributed by atoms with Crippen molar-refractivity contribution in [1.29, 1.82) is 0 Å². The van der Waals surface area contributed by atoms with Crippen molar-refractivity contribution in [2.45, 2.75) is 24.8 Å². The number of rotatable bonds is 7. The smallest absolute Gasteiger partial charge is 0.240 e. The molecule has 0 aliphatic heterocycles. The van der Waals surface area contributed by atoms with Crippen molar-refractivity contribution in [1.82, 2.24) is 10.0 Å². The minimum absolute atomic E-state index is 0.310. The van der Waals surface area contributed by atoms with E-state index in [2.05, 4.69) is 10.0 Å². The van der Waals surface area contributed by atoms with Gasteiger partial charge in [-0.3, -0.25) is 0 Å². The Bertz CT molecular complexity index is 676. The van der Waals surface area contributed by atoms with Gasteiger partial charge < -0.3 is 5.32 Å². The number of hydrogen-bond acceptors (Lipinski definition) is 4. The van der Waals surface area contributed by atoms with E-state index in [0.717, 1.165) is 29.0 Å². The van der Waals surface area contributed by atoms with Crippen LogP contribution < -0.4 is 10.0 Å². The predicted octanol–water partition coefficient (Wildman–Crippen LogP) is 2.30. The quantitative estimate of drug-likeness (QED) is 0.821. The molecule has 1 heterocycles. The first-order valence-corrected chi connectivity index (χ1v) is 9.15. The molecule has 0 amide bonds. The Morgan fingerprint density at radius 3 is 2.43 bits per heavy atom. The lowest BCUT2D eigenvalue weighted by atomic mass is 10.1. The molecule has 0 bridgehead atoms. The van der Waals surface area contributed by atoms with E-state index in [1.807, 2.05) is 37.6 Å². The Labute approximate surface area is 130 Å². The average Bonchev–Trinajstić information content (AvgIpc) is 2.89. The second kappa shape index (κ2) is 7.17. The van der Waals surface area contributed by atoms with Crippen LogP contribution in [0.15, 0.2) is 40.6 Å². The fraction of sp³-hybridized carbons (Fsp3) is 0.333. The topological polar surface area (TPSA) is 58.2 Å². The Morgan fingerprint density at radius 2 is 1.86 bits per heavy atom. The lowest BCUT2D eigenvalue weighted by molar-refractivity contribution is 0.581. The molecule has 6 heteroatoms. The van der Waals surface area contributed by atoms with Gasteiger partial charge in [0.15, 0.2) is 0 Å². The van der Waals surface area contributed by atoms with E-state index in [0.29, 0.717) is 11.4 Å². The number of hydrogen-bond donors (Lipinski definition) is 2. The third-order valence-electron chi connectivity index (χ3n) is 3.29. The van der Waals surface area contributed by atoms with Crippen LogP contribution >= 0.6 is 11.3 Å². The van der Waals surface area contributed by atoms with E-state index >= 15 is 0 Å². The molecule has 0 saturated heterocycles. The molecule has 0 radical (unpaired) electrons. The highest BCUT2D eigenvalue weighted by Crippen LogP contribution is 2.17. The monoisotopic (exact) mass is 324 g/mol. The summed E-state index contributed by atoms with van der Waals surface area (Å²) in [6.07, 6.45) is 0.888. The van der Waals surface area contributed by atoms with Crippen LogP contribution in [-0.4, -0.2) is 22.0 Å². The van der Waals surface area contributed by atoms with Crippen molar-refractivity contribution < 1.29 is 8.42 Å². The van der Waals surface area contributed by atoms with Crippen molar-refractivity contribution in [3.05, 3.63) is 51.7 Å². The lowest BCUT2D eigenvalue weighted by Crippen LogP contribution is -2.23. The van der Waals surface area contributed by atoms with Gasteiger partial charge in [0.05, 0.1) is 4.90 Å². The molecule has 2 rings (SSSR count). The van der Waals surface area contributed by atoms with Crippen LogP contribution in [-0.2, 0) is 23.0 Å². The van der Waals surface area contributed by atoms with E-state index < -0.39 is 10.0 Å². The van der Waals surface area contributed by atoms with Crippen LogP contribution in [0.3, 0.4) is 0 Å². The summed E-state index contributed by atoms with van der Waals surface area (Å²) in [5.41, 5.74) is 2.24. The fourth-order valence-corrected chi connectivity index (χ4v) is 3.87. The Kier molecular flexibility index (Phi) is 5.52. The first-order valence-electron chi connectivity index (χ1n) is 6.79. The second-order valence-corrected chi connectivity index (χ2v) is 7.62. The Balaban J connectivity index is 2.03. The minimum atomic E-state index is -3.45. The number of sulfonamides is 1. The summed E-state index contributed by atoms with van der Waals surface area (Å²) in [5.74, 6) is 0. The van der Waals surface area contributed by atoms with Crippen LogP contribution in [0.25, 0.3) is 0 Å². The van der Waals surface area contributed by atoms with Gasteiger partial charge in [0, 0.05) is 11.4 Å². The number of nitrogens with one attached hydrogen (secondary N) is 2. The van der Waals surface area contributed by atoms with Crippen molar-refractivity contribution >= 4 is 21.4 Å². The summed E-state index contributed by atoms with van der Waals surface area (Å²) in [7, 11) is -1.55. The zero-order valence-corrected chi connectivity index (χ0v) is 13.9. The molecule has 0 unspecified atom stereocenters. The third kappa shape index (κ3) is 4.38. The first kappa shape index (κ1) is 16.2. The molecule has 2 aromatic rings. The van der Waals surface area contributed by atoms with E-state index in [1.165, 1.54) is 0 Å². The normalized spacial score (nSPS) is 11.7. The largest absolute Gasteiger partial charge is 0.319 e. The second-order valence-electron chi connectivity index (χ2n) is 4.85. The van der Waals surface area contributed by atoms with Crippen molar-refractivity contribution in [3.63, 3.8) is 0 Å². The molecule has 0 aliphatic rings. The third-order valence-corrected chi connectivity index (χ3v) is 5.73. The minimum Gasteiger partial charge on any atom is -0.319 e. The van der Waals surface area contributed by atoms with Gasteiger partial charge >= 0.3 is 0 Å². The molecule has 114 valence electrons. The van der Waals surface area contributed by atoms with Crippen molar-refractivity contribution in [2.75, 3.05) is 13.6 Å². The highest BCUT2D eigenvalue weighted by atomic mass is 32.2. The molecule has 0 fully saturated rings. The van der Waals surface area contributed by atoms with Crippen molar-refractivity contribution in [3.8, 4) is 0 Å². The maximum atomic E-state index is 12.2. The van der Waals surface area contributed by atoms with Crippen LogP contribution in [0.4, 0.5) is 0 Å². The molecule has 4 nitrogen and oxygen atoms in total. The summed E-state index contributed by atoms with van der Waals surface area (Å²) >= 11 is 1.56.